The van der Waals surface area contributed by atoms with Crippen LogP contribution in [-0.4, -0.2) is 9.97 Å². The molecule has 0 bridgehead atoms. The van der Waals surface area contributed by atoms with E-state index in [1.54, 1.807) is 18.5 Å². The van der Waals surface area contributed by atoms with Gasteiger partial charge in [0.15, 0.2) is 0 Å². The molecule has 0 amide bonds. The van der Waals surface area contributed by atoms with Crippen LogP contribution in [0.5, 0.6) is 0 Å². The first kappa shape index (κ1) is 9.93. The van der Waals surface area contributed by atoms with E-state index < -0.39 is 0 Å². The highest BCUT2D eigenvalue weighted by Crippen LogP contribution is 2.21. The maximum Gasteiger partial charge on any atom is 0.248 e. The molecule has 0 unspecified atom stereocenters. The minimum Gasteiger partial charge on any atom is -0.324 e. The highest BCUT2D eigenvalue weighted by atomic mass is 35.5. The minimum absolute atomic E-state index is 0.136. The number of H-pyrrole nitrogens is 1. The predicted molar refractivity (Wildman–Crippen MR) is 59.9 cm³/mol. The average Bonchev–Trinajstić information content (AvgIpc) is 2.30. The Bertz CT molecular complexity index is 507. The van der Waals surface area contributed by atoms with Gasteiger partial charge in [-0.1, -0.05) is 0 Å². The molecule has 0 aliphatic carbocycles. The van der Waals surface area contributed by atoms with E-state index in [9.17, 15) is 4.79 Å². The van der Waals surface area contributed by atoms with Crippen LogP contribution in [0, 0.1) is 0 Å². The van der Waals surface area contributed by atoms with Crippen LogP contribution in [0.4, 0.5) is 0 Å². The summed E-state index contributed by atoms with van der Waals surface area (Å²) in [5, 5.41) is 0. The highest BCUT2D eigenvalue weighted by Gasteiger charge is 2.04. The molecule has 1 N–H and O–H groups in total. The maximum atomic E-state index is 11.1. The van der Waals surface area contributed by atoms with E-state index in [-0.39, 0.29) is 11.4 Å². The van der Waals surface area contributed by atoms with Crippen molar-refractivity contribution in [3.05, 3.63) is 52.7 Å². The van der Waals surface area contributed by atoms with Crippen LogP contribution < -0.4 is 5.56 Å². The van der Waals surface area contributed by atoms with Crippen molar-refractivity contribution in [1.29, 1.82) is 0 Å². The summed E-state index contributed by atoms with van der Waals surface area (Å²) in [4.78, 5) is 17.8. The summed E-state index contributed by atoms with van der Waals surface area (Å²) in [6, 6.07) is 7.02. The lowest BCUT2D eigenvalue weighted by Crippen LogP contribution is -2.07. The van der Waals surface area contributed by atoms with E-state index in [1.807, 2.05) is 12.1 Å². The SMILES string of the molecule is O=c1ccc(-c2ccncc2)c(CCl)[nH]1. The first-order chi connectivity index (χ1) is 7.31. The standard InChI is InChI=1S/C11H9ClN2O/c12-7-10-9(1-2-11(15)14-10)8-3-5-13-6-4-8/h1-6H,7H2,(H,14,15). The van der Waals surface area contributed by atoms with Crippen molar-refractivity contribution >= 4 is 11.6 Å². The Kier molecular flexibility index (Phi) is 2.83. The van der Waals surface area contributed by atoms with Gasteiger partial charge < -0.3 is 4.98 Å². The Morgan fingerprint density at radius 2 is 1.93 bits per heavy atom. The molecule has 2 heterocycles. The lowest BCUT2D eigenvalue weighted by atomic mass is 10.1. The first-order valence-corrected chi connectivity index (χ1v) is 5.03. The zero-order valence-electron chi connectivity index (χ0n) is 7.90. The van der Waals surface area contributed by atoms with Gasteiger partial charge in [0.05, 0.1) is 5.88 Å². The van der Waals surface area contributed by atoms with Gasteiger partial charge in [0.25, 0.3) is 0 Å². The number of halogens is 1. The molecule has 0 aliphatic rings. The third-order valence-corrected chi connectivity index (χ3v) is 2.39. The fourth-order valence-electron chi connectivity index (χ4n) is 1.42. The number of aromatic amines is 1. The molecule has 0 spiro atoms. The van der Waals surface area contributed by atoms with Gasteiger partial charge >= 0.3 is 0 Å². The Morgan fingerprint density at radius 3 is 2.60 bits per heavy atom. The van der Waals surface area contributed by atoms with Crippen molar-refractivity contribution in [1.82, 2.24) is 9.97 Å². The van der Waals surface area contributed by atoms with Crippen molar-refractivity contribution in [3.63, 3.8) is 0 Å². The molecular formula is C11H9ClN2O. The maximum absolute atomic E-state index is 11.1. The van der Waals surface area contributed by atoms with Gasteiger partial charge in [-0.2, -0.15) is 0 Å². The Balaban J connectivity index is 2.58. The van der Waals surface area contributed by atoms with E-state index in [1.165, 1.54) is 6.07 Å². The normalized spacial score (nSPS) is 10.2. The Labute approximate surface area is 91.8 Å². The van der Waals surface area contributed by atoms with Crippen LogP contribution >= 0.6 is 11.6 Å². The van der Waals surface area contributed by atoms with Crippen molar-refractivity contribution in [2.75, 3.05) is 0 Å². The monoisotopic (exact) mass is 220 g/mol. The van der Waals surface area contributed by atoms with Crippen LogP contribution in [0.3, 0.4) is 0 Å². The van der Waals surface area contributed by atoms with Crippen molar-refractivity contribution in [3.8, 4) is 11.1 Å². The van der Waals surface area contributed by atoms with Gasteiger partial charge in [0.1, 0.15) is 0 Å². The van der Waals surface area contributed by atoms with Crippen molar-refractivity contribution < 1.29 is 0 Å². The van der Waals surface area contributed by atoms with Crippen LogP contribution in [-0.2, 0) is 5.88 Å². The smallest absolute Gasteiger partial charge is 0.248 e. The number of nitrogens with one attached hydrogen (secondary N) is 1. The lowest BCUT2D eigenvalue weighted by Gasteiger charge is -2.05. The van der Waals surface area contributed by atoms with Crippen molar-refractivity contribution in [2.45, 2.75) is 5.88 Å². The molecule has 0 aromatic carbocycles. The summed E-state index contributed by atoms with van der Waals surface area (Å²) in [6.45, 7) is 0. The number of aromatic nitrogens is 2. The summed E-state index contributed by atoms with van der Waals surface area (Å²) in [5.41, 5.74) is 2.53. The predicted octanol–water partition coefficient (Wildman–Crippen LogP) is 2.18. The summed E-state index contributed by atoms with van der Waals surface area (Å²) in [6.07, 6.45) is 3.41. The van der Waals surface area contributed by atoms with E-state index in [0.717, 1.165) is 16.8 Å². The summed E-state index contributed by atoms with van der Waals surface area (Å²) in [7, 11) is 0. The fourth-order valence-corrected chi connectivity index (χ4v) is 1.64. The number of hydrogen-bond donors (Lipinski definition) is 1. The molecule has 0 fully saturated rings. The second kappa shape index (κ2) is 4.28. The molecule has 3 nitrogen and oxygen atoms in total. The van der Waals surface area contributed by atoms with Crippen LogP contribution in [0.2, 0.25) is 0 Å². The molecule has 4 heteroatoms. The number of rotatable bonds is 2. The van der Waals surface area contributed by atoms with Gasteiger partial charge in [-0.25, -0.2) is 0 Å². The molecule has 15 heavy (non-hydrogen) atoms. The Hall–Kier alpha value is -1.61. The molecule has 2 rings (SSSR count). The molecule has 0 saturated heterocycles. The second-order valence-electron chi connectivity index (χ2n) is 3.08. The largest absolute Gasteiger partial charge is 0.324 e. The molecular weight excluding hydrogens is 212 g/mol. The average molecular weight is 221 g/mol. The number of nitrogens with zero attached hydrogens (tertiary/aromatic N) is 1. The second-order valence-corrected chi connectivity index (χ2v) is 3.35. The molecule has 2 aromatic rings. The summed E-state index contributed by atoms with van der Waals surface area (Å²) in [5.74, 6) is 0.285. The van der Waals surface area contributed by atoms with Gasteiger partial charge in [0, 0.05) is 29.7 Å². The lowest BCUT2D eigenvalue weighted by molar-refractivity contribution is 1.12. The quantitative estimate of drug-likeness (QED) is 0.789. The summed E-state index contributed by atoms with van der Waals surface area (Å²) >= 11 is 5.77. The zero-order valence-corrected chi connectivity index (χ0v) is 8.66. The number of pyridine rings is 2. The molecule has 76 valence electrons. The van der Waals surface area contributed by atoms with E-state index in [4.69, 9.17) is 11.6 Å². The third-order valence-electron chi connectivity index (χ3n) is 2.13. The zero-order chi connectivity index (χ0) is 10.7. The van der Waals surface area contributed by atoms with Crippen LogP contribution in [0.25, 0.3) is 11.1 Å². The Morgan fingerprint density at radius 1 is 1.20 bits per heavy atom. The van der Waals surface area contributed by atoms with Crippen molar-refractivity contribution in [2.24, 2.45) is 0 Å². The van der Waals surface area contributed by atoms with E-state index in [0.29, 0.717) is 0 Å². The number of hydrogen-bond acceptors (Lipinski definition) is 2. The number of alkyl halides is 1. The van der Waals surface area contributed by atoms with Gasteiger partial charge in [-0.05, 0) is 23.8 Å². The third kappa shape index (κ3) is 2.07. The fraction of sp³-hybridized carbons (Fsp3) is 0.0909. The van der Waals surface area contributed by atoms with Gasteiger partial charge in [-0.15, -0.1) is 11.6 Å². The van der Waals surface area contributed by atoms with Gasteiger partial charge in [-0.3, -0.25) is 9.78 Å². The summed E-state index contributed by atoms with van der Waals surface area (Å²) < 4.78 is 0. The molecule has 2 aromatic heterocycles. The van der Waals surface area contributed by atoms with Gasteiger partial charge in [0.2, 0.25) is 5.56 Å². The first-order valence-electron chi connectivity index (χ1n) is 4.50. The van der Waals surface area contributed by atoms with Crippen LogP contribution in [0.15, 0.2) is 41.5 Å². The topological polar surface area (TPSA) is 45.8 Å². The molecule has 0 saturated carbocycles. The molecule has 0 radical (unpaired) electrons. The molecule has 0 aliphatic heterocycles. The minimum atomic E-state index is -0.136. The highest BCUT2D eigenvalue weighted by molar-refractivity contribution is 6.17. The van der Waals surface area contributed by atoms with E-state index >= 15 is 0 Å². The van der Waals surface area contributed by atoms with Crippen LogP contribution in [0.1, 0.15) is 5.69 Å². The van der Waals surface area contributed by atoms with E-state index in [2.05, 4.69) is 9.97 Å². The molecule has 0 atom stereocenters.